The highest BCUT2D eigenvalue weighted by atomic mass is 16.6. The molecule has 0 fully saturated rings. The molecule has 7 heteroatoms. The van der Waals surface area contributed by atoms with Crippen molar-refractivity contribution < 1.29 is 14.4 Å². The summed E-state index contributed by atoms with van der Waals surface area (Å²) in [4.78, 5) is 23.9. The molecule has 1 aromatic heterocycles. The van der Waals surface area contributed by atoms with Gasteiger partial charge in [-0.2, -0.15) is 0 Å². The van der Waals surface area contributed by atoms with Gasteiger partial charge in [0.1, 0.15) is 6.61 Å². The van der Waals surface area contributed by atoms with Gasteiger partial charge < -0.3 is 14.0 Å². The first-order chi connectivity index (χ1) is 14.6. The number of benzene rings is 1. The monoisotopic (exact) mass is 428 g/mol. The summed E-state index contributed by atoms with van der Waals surface area (Å²) in [5.74, 6) is 0.454. The van der Waals surface area contributed by atoms with Crippen LogP contribution in [-0.2, 0) is 6.54 Å². The Kier molecular flexibility index (Phi) is 8.42. The molecule has 1 heterocycles. The maximum Gasteiger partial charge on any atom is 0.297 e. The highest BCUT2D eigenvalue weighted by Gasteiger charge is 2.22. The second kappa shape index (κ2) is 10.8. The Balaban J connectivity index is 2.50. The molecule has 0 N–H and O–H groups in total. The molecular formula is C24H32N2O5. The molecule has 0 saturated carbocycles. The van der Waals surface area contributed by atoms with E-state index in [0.717, 1.165) is 12.8 Å². The Morgan fingerprint density at radius 2 is 1.90 bits per heavy atom. The number of nitrogens with zero attached hydrogens (tertiary/aromatic N) is 2. The number of pyridine rings is 1. The SMILES string of the molecule is CCn1c(=O)c(OC(C)C)c(OC/C=C(\C)CCC=C(C)C)c2ccc([N+](=O)[O-])cc21. The predicted octanol–water partition coefficient (Wildman–Crippen LogP) is 5.79. The van der Waals surface area contributed by atoms with Crippen LogP contribution in [0.15, 0.2) is 46.3 Å². The lowest BCUT2D eigenvalue weighted by atomic mass is 10.1. The Labute approximate surface area is 183 Å². The fourth-order valence-corrected chi connectivity index (χ4v) is 3.26. The number of ether oxygens (including phenoxy) is 2. The topological polar surface area (TPSA) is 83.6 Å². The van der Waals surface area contributed by atoms with E-state index < -0.39 is 4.92 Å². The van der Waals surface area contributed by atoms with E-state index in [1.165, 1.54) is 27.8 Å². The number of non-ortho nitro benzene ring substituents is 1. The molecule has 0 radical (unpaired) electrons. The number of fused-ring (bicyclic) bond motifs is 1. The Morgan fingerprint density at radius 1 is 1.19 bits per heavy atom. The Hall–Kier alpha value is -3.09. The van der Waals surface area contributed by atoms with E-state index in [1.54, 1.807) is 6.07 Å². The molecule has 2 aromatic rings. The van der Waals surface area contributed by atoms with Crippen LogP contribution in [0.5, 0.6) is 11.5 Å². The molecule has 2 rings (SSSR count). The van der Waals surface area contributed by atoms with Gasteiger partial charge in [0, 0.05) is 24.1 Å². The summed E-state index contributed by atoms with van der Waals surface area (Å²) in [5, 5.41) is 11.9. The van der Waals surface area contributed by atoms with Gasteiger partial charge in [0.25, 0.3) is 11.2 Å². The number of nitro groups is 1. The smallest absolute Gasteiger partial charge is 0.297 e. The standard InChI is InChI=1S/C24H32N2O5/c1-7-25-21-15-19(26(28)29)11-12-20(21)22(23(24(25)27)31-17(4)5)30-14-13-18(6)10-8-9-16(2)3/h9,11-13,15,17H,7-8,10,14H2,1-6H3/b18-13+. The van der Waals surface area contributed by atoms with E-state index in [0.29, 0.717) is 23.2 Å². The minimum atomic E-state index is -0.471. The van der Waals surface area contributed by atoms with E-state index in [2.05, 4.69) is 19.9 Å². The largest absolute Gasteiger partial charge is 0.485 e. The average molecular weight is 429 g/mol. The van der Waals surface area contributed by atoms with Gasteiger partial charge in [0.2, 0.25) is 5.75 Å². The van der Waals surface area contributed by atoms with E-state index in [9.17, 15) is 14.9 Å². The zero-order chi connectivity index (χ0) is 23.1. The highest BCUT2D eigenvalue weighted by Crippen LogP contribution is 2.35. The normalized spacial score (nSPS) is 11.6. The molecule has 0 aliphatic heterocycles. The summed E-state index contributed by atoms with van der Waals surface area (Å²) in [7, 11) is 0. The fraction of sp³-hybridized carbons (Fsp3) is 0.458. The summed E-state index contributed by atoms with van der Waals surface area (Å²) in [6.07, 6.45) is 5.84. The van der Waals surface area contributed by atoms with Crippen molar-refractivity contribution >= 4 is 16.6 Å². The number of aryl methyl sites for hydroxylation is 1. The number of hydrogen-bond acceptors (Lipinski definition) is 5. The molecule has 1 aromatic carbocycles. The van der Waals surface area contributed by atoms with E-state index in [1.807, 2.05) is 33.8 Å². The van der Waals surface area contributed by atoms with Gasteiger partial charge >= 0.3 is 0 Å². The van der Waals surface area contributed by atoms with Crippen molar-refractivity contribution in [2.24, 2.45) is 0 Å². The number of hydrogen-bond donors (Lipinski definition) is 0. The molecule has 0 aliphatic carbocycles. The number of nitro benzene ring substituents is 1. The molecule has 0 atom stereocenters. The minimum absolute atomic E-state index is 0.0763. The molecule has 0 spiro atoms. The number of rotatable bonds is 10. The lowest BCUT2D eigenvalue weighted by Gasteiger charge is -2.19. The predicted molar refractivity (Wildman–Crippen MR) is 124 cm³/mol. The third-order valence-electron chi connectivity index (χ3n) is 4.79. The first kappa shape index (κ1) is 24.2. The zero-order valence-corrected chi connectivity index (χ0v) is 19.2. The molecule has 0 amide bonds. The second-order valence-corrected chi connectivity index (χ2v) is 8.01. The summed E-state index contributed by atoms with van der Waals surface area (Å²) in [5.41, 5.74) is 2.50. The minimum Gasteiger partial charge on any atom is -0.485 e. The zero-order valence-electron chi connectivity index (χ0n) is 19.2. The van der Waals surface area contributed by atoms with Gasteiger partial charge in [0.05, 0.1) is 16.5 Å². The molecular weight excluding hydrogens is 396 g/mol. The fourth-order valence-electron chi connectivity index (χ4n) is 3.26. The van der Waals surface area contributed by atoms with E-state index in [-0.39, 0.29) is 29.7 Å². The summed E-state index contributed by atoms with van der Waals surface area (Å²) < 4.78 is 13.3. The number of allylic oxidation sites excluding steroid dienone is 3. The molecule has 0 saturated heterocycles. The van der Waals surface area contributed by atoms with Crippen molar-refractivity contribution in [2.75, 3.05) is 6.61 Å². The third kappa shape index (κ3) is 6.20. The van der Waals surface area contributed by atoms with Crippen LogP contribution in [0, 0.1) is 10.1 Å². The maximum atomic E-state index is 13.1. The quantitative estimate of drug-likeness (QED) is 0.272. The van der Waals surface area contributed by atoms with Crippen LogP contribution in [0.25, 0.3) is 10.9 Å². The van der Waals surface area contributed by atoms with Gasteiger partial charge in [-0.25, -0.2) is 0 Å². The van der Waals surface area contributed by atoms with Gasteiger partial charge in [-0.3, -0.25) is 14.9 Å². The van der Waals surface area contributed by atoms with Crippen LogP contribution in [0.1, 0.15) is 54.4 Å². The lowest BCUT2D eigenvalue weighted by Crippen LogP contribution is -2.25. The van der Waals surface area contributed by atoms with Crippen LogP contribution in [0.3, 0.4) is 0 Å². The molecule has 0 bridgehead atoms. The van der Waals surface area contributed by atoms with Crippen molar-refractivity contribution in [1.82, 2.24) is 4.57 Å². The maximum absolute atomic E-state index is 13.1. The van der Waals surface area contributed by atoms with E-state index >= 15 is 0 Å². The van der Waals surface area contributed by atoms with Gasteiger partial charge in [0.15, 0.2) is 5.75 Å². The summed E-state index contributed by atoms with van der Waals surface area (Å²) in [6.45, 7) is 12.3. The van der Waals surface area contributed by atoms with Crippen molar-refractivity contribution in [2.45, 2.75) is 67.0 Å². The van der Waals surface area contributed by atoms with Crippen LogP contribution < -0.4 is 15.0 Å². The lowest BCUT2D eigenvalue weighted by molar-refractivity contribution is -0.384. The van der Waals surface area contributed by atoms with Crippen molar-refractivity contribution in [1.29, 1.82) is 0 Å². The first-order valence-electron chi connectivity index (χ1n) is 10.6. The van der Waals surface area contributed by atoms with Crippen LogP contribution >= 0.6 is 0 Å². The third-order valence-corrected chi connectivity index (χ3v) is 4.79. The van der Waals surface area contributed by atoms with Crippen molar-refractivity contribution in [3.63, 3.8) is 0 Å². The molecule has 31 heavy (non-hydrogen) atoms. The second-order valence-electron chi connectivity index (χ2n) is 8.01. The first-order valence-corrected chi connectivity index (χ1v) is 10.6. The molecule has 0 aliphatic rings. The Morgan fingerprint density at radius 3 is 2.48 bits per heavy atom. The summed E-state index contributed by atoms with van der Waals surface area (Å²) >= 11 is 0. The van der Waals surface area contributed by atoms with Crippen LogP contribution in [0.2, 0.25) is 0 Å². The van der Waals surface area contributed by atoms with Gasteiger partial charge in [-0.15, -0.1) is 0 Å². The molecule has 168 valence electrons. The van der Waals surface area contributed by atoms with Gasteiger partial charge in [-0.1, -0.05) is 17.2 Å². The summed E-state index contributed by atoms with van der Waals surface area (Å²) in [6, 6.07) is 4.44. The van der Waals surface area contributed by atoms with Gasteiger partial charge in [-0.05, 0) is 66.5 Å². The van der Waals surface area contributed by atoms with Crippen molar-refractivity contribution in [3.05, 3.63) is 62.0 Å². The molecule has 7 nitrogen and oxygen atoms in total. The van der Waals surface area contributed by atoms with Crippen molar-refractivity contribution in [3.8, 4) is 11.5 Å². The van der Waals surface area contributed by atoms with Crippen LogP contribution in [-0.4, -0.2) is 22.2 Å². The Bertz CT molecular complexity index is 1060. The van der Waals surface area contributed by atoms with Crippen LogP contribution in [0.4, 0.5) is 5.69 Å². The average Bonchev–Trinajstić information content (AvgIpc) is 2.69. The van der Waals surface area contributed by atoms with E-state index in [4.69, 9.17) is 9.47 Å². The number of aromatic nitrogens is 1. The molecule has 0 unspecified atom stereocenters. The highest BCUT2D eigenvalue weighted by molar-refractivity contribution is 5.89.